The largest absolute Gasteiger partial charge is 0.492 e. The lowest BCUT2D eigenvalue weighted by Gasteiger charge is -2.26. The number of nitrogens with one attached hydrogen (secondary N) is 1. The van der Waals surface area contributed by atoms with Gasteiger partial charge < -0.3 is 9.30 Å². The Bertz CT molecular complexity index is 1260. The number of carbonyl (C=O) groups is 3. The van der Waals surface area contributed by atoms with Crippen LogP contribution < -0.4 is 15.0 Å². The number of ether oxygens (including phenoxy) is 1. The highest BCUT2D eigenvalue weighted by Gasteiger charge is 2.37. The monoisotopic (exact) mass is 491 g/mol. The summed E-state index contributed by atoms with van der Waals surface area (Å²) < 4.78 is 7.61. The highest BCUT2D eigenvalue weighted by atomic mass is 35.5. The van der Waals surface area contributed by atoms with E-state index in [4.69, 9.17) is 16.3 Å². The van der Waals surface area contributed by atoms with Crippen LogP contribution >= 0.6 is 11.6 Å². The minimum Gasteiger partial charge on any atom is -0.492 e. The molecule has 3 aromatic rings. The van der Waals surface area contributed by atoms with Crippen molar-refractivity contribution in [2.45, 2.75) is 32.7 Å². The number of hydrogen-bond donors (Lipinski definition) is 1. The van der Waals surface area contributed by atoms with Gasteiger partial charge in [-0.2, -0.15) is 0 Å². The molecule has 35 heavy (non-hydrogen) atoms. The maximum Gasteiger partial charge on any atom is 0.335 e. The first-order chi connectivity index (χ1) is 16.9. The van der Waals surface area contributed by atoms with Crippen molar-refractivity contribution in [3.63, 3.8) is 0 Å². The van der Waals surface area contributed by atoms with Crippen molar-refractivity contribution in [1.82, 2.24) is 9.88 Å². The summed E-state index contributed by atoms with van der Waals surface area (Å²) in [4.78, 5) is 39.3. The third-order valence-electron chi connectivity index (χ3n) is 6.01. The maximum atomic E-state index is 13.2. The molecule has 1 N–H and O–H groups in total. The van der Waals surface area contributed by atoms with E-state index in [1.54, 1.807) is 42.5 Å². The van der Waals surface area contributed by atoms with E-state index in [2.05, 4.69) is 19.2 Å². The van der Waals surface area contributed by atoms with Gasteiger partial charge in [0.15, 0.2) is 0 Å². The summed E-state index contributed by atoms with van der Waals surface area (Å²) in [5.74, 6) is -0.335. The summed E-state index contributed by atoms with van der Waals surface area (Å²) in [6.45, 7) is 5.08. The molecular formula is C27H26ClN3O4. The number of anilines is 1. The van der Waals surface area contributed by atoms with Crippen LogP contribution in [0, 0.1) is 0 Å². The molecule has 1 fully saturated rings. The predicted molar refractivity (Wildman–Crippen MR) is 136 cm³/mol. The molecule has 1 saturated heterocycles. The van der Waals surface area contributed by atoms with Gasteiger partial charge in [-0.15, -0.1) is 0 Å². The number of carbonyl (C=O) groups excluding carboxylic acids is 3. The Morgan fingerprint density at radius 3 is 2.43 bits per heavy atom. The van der Waals surface area contributed by atoms with Gasteiger partial charge in [-0.1, -0.05) is 37.6 Å². The molecule has 4 rings (SSSR count). The summed E-state index contributed by atoms with van der Waals surface area (Å²) in [5, 5.41) is 2.90. The lowest BCUT2D eigenvalue weighted by atomic mass is 9.98. The summed E-state index contributed by atoms with van der Waals surface area (Å²) >= 11 is 5.90. The first-order valence-electron chi connectivity index (χ1n) is 11.4. The lowest BCUT2D eigenvalue weighted by Crippen LogP contribution is -2.54. The van der Waals surface area contributed by atoms with Crippen molar-refractivity contribution in [3.05, 3.63) is 88.7 Å². The molecule has 0 saturated carbocycles. The van der Waals surface area contributed by atoms with Crippen molar-refractivity contribution in [1.29, 1.82) is 0 Å². The van der Waals surface area contributed by atoms with E-state index in [1.165, 1.54) is 6.08 Å². The van der Waals surface area contributed by atoms with Crippen LogP contribution in [0.2, 0.25) is 5.02 Å². The van der Waals surface area contributed by atoms with E-state index in [-0.39, 0.29) is 5.57 Å². The van der Waals surface area contributed by atoms with Crippen molar-refractivity contribution in [3.8, 4) is 5.75 Å². The third kappa shape index (κ3) is 5.46. The number of rotatable bonds is 8. The fourth-order valence-electron chi connectivity index (χ4n) is 3.78. The molecule has 0 aliphatic carbocycles. The average Bonchev–Trinajstić information content (AvgIpc) is 3.29. The van der Waals surface area contributed by atoms with Crippen LogP contribution in [0.1, 0.15) is 37.4 Å². The van der Waals surface area contributed by atoms with E-state index in [9.17, 15) is 14.4 Å². The third-order valence-corrected chi connectivity index (χ3v) is 6.26. The van der Waals surface area contributed by atoms with Crippen LogP contribution in [-0.2, 0) is 16.1 Å². The Kier molecular flexibility index (Phi) is 7.36. The van der Waals surface area contributed by atoms with Crippen molar-refractivity contribution < 1.29 is 19.1 Å². The fraction of sp³-hybridized carbons (Fsp3) is 0.222. The van der Waals surface area contributed by atoms with E-state index in [1.807, 2.05) is 29.0 Å². The molecule has 1 aromatic heterocycles. The van der Waals surface area contributed by atoms with Crippen LogP contribution in [0.25, 0.3) is 6.08 Å². The number of benzene rings is 2. The number of urea groups is 1. The molecule has 2 heterocycles. The van der Waals surface area contributed by atoms with Gasteiger partial charge in [0, 0.05) is 16.9 Å². The quantitative estimate of drug-likeness (QED) is 0.338. The lowest BCUT2D eigenvalue weighted by molar-refractivity contribution is -0.122. The van der Waals surface area contributed by atoms with Crippen molar-refractivity contribution >= 4 is 41.2 Å². The minimum absolute atomic E-state index is 0.117. The number of barbiturate groups is 1. The zero-order valence-electron chi connectivity index (χ0n) is 19.5. The summed E-state index contributed by atoms with van der Waals surface area (Å²) in [6.07, 6.45) is 4.31. The zero-order valence-corrected chi connectivity index (χ0v) is 20.3. The molecular weight excluding hydrogens is 466 g/mol. The molecule has 180 valence electrons. The summed E-state index contributed by atoms with van der Waals surface area (Å²) in [7, 11) is 0. The number of nitrogens with zero attached hydrogens (tertiary/aromatic N) is 2. The number of imide groups is 2. The van der Waals surface area contributed by atoms with Gasteiger partial charge >= 0.3 is 6.03 Å². The molecule has 1 aliphatic rings. The Balaban J connectivity index is 1.51. The van der Waals surface area contributed by atoms with E-state index in [0.717, 1.165) is 16.9 Å². The summed E-state index contributed by atoms with van der Waals surface area (Å²) in [5.41, 5.74) is 2.05. The molecule has 1 unspecified atom stereocenters. The molecule has 2 aromatic carbocycles. The topological polar surface area (TPSA) is 80.6 Å². The Morgan fingerprint density at radius 2 is 1.74 bits per heavy atom. The maximum absolute atomic E-state index is 13.2. The molecule has 4 amide bonds. The first kappa shape index (κ1) is 24.3. The molecule has 7 nitrogen and oxygen atoms in total. The van der Waals surface area contributed by atoms with Crippen LogP contribution in [0.3, 0.4) is 0 Å². The van der Waals surface area contributed by atoms with Gasteiger partial charge in [-0.05, 0) is 72.5 Å². The number of halogens is 1. The average molecular weight is 492 g/mol. The van der Waals surface area contributed by atoms with Gasteiger partial charge in [0.05, 0.1) is 12.2 Å². The highest BCUT2D eigenvalue weighted by Crippen LogP contribution is 2.26. The van der Waals surface area contributed by atoms with E-state index in [0.29, 0.717) is 41.2 Å². The Hall–Kier alpha value is -3.84. The van der Waals surface area contributed by atoms with Gasteiger partial charge in [0.2, 0.25) is 0 Å². The second-order valence-corrected chi connectivity index (χ2v) is 8.72. The smallest absolute Gasteiger partial charge is 0.335 e. The number of aromatic nitrogens is 1. The fourth-order valence-corrected chi connectivity index (χ4v) is 3.91. The Labute approximate surface area is 208 Å². The normalized spacial score (nSPS) is 15.9. The molecule has 0 spiro atoms. The second kappa shape index (κ2) is 10.6. The van der Waals surface area contributed by atoms with Crippen LogP contribution in [0.4, 0.5) is 10.5 Å². The van der Waals surface area contributed by atoms with Gasteiger partial charge in [0.1, 0.15) is 17.9 Å². The second-order valence-electron chi connectivity index (χ2n) is 8.29. The van der Waals surface area contributed by atoms with Gasteiger partial charge in [0.25, 0.3) is 11.8 Å². The highest BCUT2D eigenvalue weighted by molar-refractivity contribution is 6.39. The van der Waals surface area contributed by atoms with Crippen molar-refractivity contribution in [2.75, 3.05) is 11.5 Å². The first-order valence-corrected chi connectivity index (χ1v) is 11.8. The minimum atomic E-state index is -0.764. The SMILES string of the molecule is CCC(C)c1ccc(N2C(=O)NC(=O)/C(=C/c3cccn3CCOc3ccc(Cl)cc3)C2=O)cc1. The molecule has 0 bridgehead atoms. The number of hydrogen-bond acceptors (Lipinski definition) is 4. The summed E-state index contributed by atoms with van der Waals surface area (Å²) in [6, 6.07) is 17.2. The molecule has 1 aliphatic heterocycles. The van der Waals surface area contributed by atoms with E-state index < -0.39 is 17.8 Å². The predicted octanol–water partition coefficient (Wildman–Crippen LogP) is 5.40. The zero-order chi connectivity index (χ0) is 24.9. The standard InChI is InChI=1S/C27H26ClN3O4/c1-3-18(2)19-6-10-21(11-7-19)31-26(33)24(25(32)29-27(31)34)17-22-5-4-14-30(22)15-16-35-23-12-8-20(28)9-13-23/h4-14,17-18H,3,15-16H2,1-2H3,(H,29,32,34)/b24-17-. The number of amides is 4. The van der Waals surface area contributed by atoms with Gasteiger partial charge in [-0.25, -0.2) is 9.69 Å². The molecule has 0 radical (unpaired) electrons. The van der Waals surface area contributed by atoms with E-state index >= 15 is 0 Å². The Morgan fingerprint density at radius 1 is 1.03 bits per heavy atom. The van der Waals surface area contributed by atoms with Crippen LogP contribution in [0.15, 0.2) is 72.4 Å². The molecule has 1 atom stereocenters. The van der Waals surface area contributed by atoms with Crippen LogP contribution in [0.5, 0.6) is 5.75 Å². The van der Waals surface area contributed by atoms with Crippen LogP contribution in [-0.4, -0.2) is 29.0 Å². The van der Waals surface area contributed by atoms with Gasteiger partial charge in [-0.3, -0.25) is 14.9 Å². The molecule has 8 heteroatoms. The van der Waals surface area contributed by atoms with Crippen molar-refractivity contribution in [2.24, 2.45) is 0 Å².